The Balaban J connectivity index is 2.08. The van der Waals surface area contributed by atoms with Gasteiger partial charge in [0.1, 0.15) is 0 Å². The van der Waals surface area contributed by atoms with Gasteiger partial charge in [-0.05, 0) is 37.1 Å². The monoisotopic (exact) mass is 235 g/mol. The molecule has 2 rings (SSSR count). The van der Waals surface area contributed by atoms with E-state index in [1.165, 1.54) is 0 Å². The molecule has 0 saturated heterocycles. The van der Waals surface area contributed by atoms with E-state index in [9.17, 15) is 4.79 Å². The molecule has 0 unspecified atom stereocenters. The second kappa shape index (κ2) is 5.19. The Morgan fingerprint density at radius 1 is 1.53 bits per heavy atom. The van der Waals surface area contributed by atoms with Gasteiger partial charge in [-0.3, -0.25) is 0 Å². The number of aromatic carboxylic acids is 1. The highest BCUT2D eigenvalue weighted by atomic mass is 16.5. The predicted molar refractivity (Wildman–Crippen MR) is 65.8 cm³/mol. The number of anilines is 1. The number of nitrogens with zero attached hydrogens (tertiary/aromatic N) is 1. The highest BCUT2D eigenvalue weighted by Gasteiger charge is 2.19. The van der Waals surface area contributed by atoms with Gasteiger partial charge in [0, 0.05) is 25.4 Å². The molecular formula is C13H17NO3. The molecule has 0 spiro atoms. The molecule has 17 heavy (non-hydrogen) atoms. The van der Waals surface area contributed by atoms with Crippen LogP contribution in [0.2, 0.25) is 0 Å². The van der Waals surface area contributed by atoms with Crippen LogP contribution in [0.1, 0.15) is 22.8 Å². The Kier molecular flexibility index (Phi) is 3.64. The molecule has 0 saturated carbocycles. The Labute approximate surface area is 101 Å². The minimum atomic E-state index is -0.861. The summed E-state index contributed by atoms with van der Waals surface area (Å²) in [5, 5.41) is 8.92. The maximum Gasteiger partial charge on any atom is 0.335 e. The molecule has 0 fully saturated rings. The lowest BCUT2D eigenvalue weighted by Gasteiger charge is -2.19. The lowest BCUT2D eigenvalue weighted by molar-refractivity contribution is 0.0697. The summed E-state index contributed by atoms with van der Waals surface area (Å²) in [4.78, 5) is 13.1. The van der Waals surface area contributed by atoms with Crippen LogP contribution in [0.4, 0.5) is 5.69 Å². The van der Waals surface area contributed by atoms with Crippen LogP contribution in [-0.2, 0) is 11.2 Å². The van der Waals surface area contributed by atoms with E-state index >= 15 is 0 Å². The van der Waals surface area contributed by atoms with Crippen molar-refractivity contribution in [2.75, 3.05) is 31.2 Å². The zero-order valence-electron chi connectivity index (χ0n) is 9.98. The number of ether oxygens (including phenoxy) is 1. The molecule has 1 aromatic carbocycles. The van der Waals surface area contributed by atoms with Gasteiger partial charge in [0.15, 0.2) is 0 Å². The van der Waals surface area contributed by atoms with Crippen molar-refractivity contribution in [3.63, 3.8) is 0 Å². The molecule has 0 aliphatic carbocycles. The zero-order chi connectivity index (χ0) is 12.3. The van der Waals surface area contributed by atoms with Crippen molar-refractivity contribution in [2.24, 2.45) is 0 Å². The van der Waals surface area contributed by atoms with Gasteiger partial charge in [0.25, 0.3) is 0 Å². The van der Waals surface area contributed by atoms with E-state index < -0.39 is 5.97 Å². The first-order valence-electron chi connectivity index (χ1n) is 5.91. The molecule has 0 atom stereocenters. The van der Waals surface area contributed by atoms with Gasteiger partial charge < -0.3 is 14.7 Å². The number of carbonyl (C=O) groups is 1. The summed E-state index contributed by atoms with van der Waals surface area (Å²) in [5.74, 6) is -0.861. The van der Waals surface area contributed by atoms with Crippen molar-refractivity contribution in [2.45, 2.75) is 13.3 Å². The lowest BCUT2D eigenvalue weighted by Crippen LogP contribution is -2.25. The molecule has 0 amide bonds. The summed E-state index contributed by atoms with van der Waals surface area (Å²) in [6, 6.07) is 5.34. The van der Waals surface area contributed by atoms with Crippen LogP contribution in [0.15, 0.2) is 18.2 Å². The number of carboxylic acid groups (broad SMARTS) is 1. The largest absolute Gasteiger partial charge is 0.478 e. The molecule has 1 heterocycles. The molecule has 0 radical (unpaired) electrons. The van der Waals surface area contributed by atoms with Crippen LogP contribution in [0.3, 0.4) is 0 Å². The average molecular weight is 235 g/mol. The van der Waals surface area contributed by atoms with Gasteiger partial charge in [0.2, 0.25) is 0 Å². The van der Waals surface area contributed by atoms with E-state index in [0.717, 1.165) is 44.0 Å². The summed E-state index contributed by atoms with van der Waals surface area (Å²) in [5.41, 5.74) is 2.64. The van der Waals surface area contributed by atoms with Crippen molar-refractivity contribution < 1.29 is 14.6 Å². The normalized spacial score (nSPS) is 13.8. The fourth-order valence-corrected chi connectivity index (χ4v) is 2.15. The highest BCUT2D eigenvalue weighted by molar-refractivity contribution is 5.88. The topological polar surface area (TPSA) is 49.8 Å². The third-order valence-corrected chi connectivity index (χ3v) is 3.03. The molecule has 92 valence electrons. The number of benzene rings is 1. The van der Waals surface area contributed by atoms with Gasteiger partial charge in [0.05, 0.1) is 12.2 Å². The quantitative estimate of drug-likeness (QED) is 0.790. The number of fused-ring (bicyclic) bond motifs is 1. The third-order valence-electron chi connectivity index (χ3n) is 3.03. The first-order chi connectivity index (χ1) is 8.22. The molecule has 1 N–H and O–H groups in total. The van der Waals surface area contributed by atoms with Crippen LogP contribution in [0, 0.1) is 0 Å². The second-order valence-corrected chi connectivity index (χ2v) is 4.08. The van der Waals surface area contributed by atoms with E-state index in [1.807, 2.05) is 13.0 Å². The molecule has 4 nitrogen and oxygen atoms in total. The maximum atomic E-state index is 10.9. The van der Waals surface area contributed by atoms with Crippen molar-refractivity contribution in [1.29, 1.82) is 0 Å². The minimum absolute atomic E-state index is 0.371. The fraction of sp³-hybridized carbons (Fsp3) is 0.462. The Morgan fingerprint density at radius 3 is 3.06 bits per heavy atom. The average Bonchev–Trinajstić information content (AvgIpc) is 2.72. The number of hydrogen-bond acceptors (Lipinski definition) is 3. The first-order valence-corrected chi connectivity index (χ1v) is 5.91. The summed E-state index contributed by atoms with van der Waals surface area (Å²) in [7, 11) is 0. The number of carboxylic acids is 1. The van der Waals surface area contributed by atoms with Crippen LogP contribution >= 0.6 is 0 Å². The van der Waals surface area contributed by atoms with Crippen molar-refractivity contribution >= 4 is 11.7 Å². The molecular weight excluding hydrogens is 218 g/mol. The first kappa shape index (κ1) is 11.9. The van der Waals surface area contributed by atoms with E-state index in [2.05, 4.69) is 4.90 Å². The van der Waals surface area contributed by atoms with Gasteiger partial charge in [-0.1, -0.05) is 0 Å². The zero-order valence-corrected chi connectivity index (χ0v) is 9.98. The van der Waals surface area contributed by atoms with Gasteiger partial charge in [-0.25, -0.2) is 4.79 Å². The van der Waals surface area contributed by atoms with E-state index in [4.69, 9.17) is 9.84 Å². The Morgan fingerprint density at radius 2 is 2.35 bits per heavy atom. The lowest BCUT2D eigenvalue weighted by atomic mass is 10.1. The van der Waals surface area contributed by atoms with Crippen LogP contribution in [0.25, 0.3) is 0 Å². The number of rotatable bonds is 5. The molecule has 0 bridgehead atoms. The SMILES string of the molecule is CCOCCN1CCc2cc(C(=O)O)ccc21. The van der Waals surface area contributed by atoms with Crippen LogP contribution in [0.5, 0.6) is 0 Å². The van der Waals surface area contributed by atoms with Gasteiger partial charge in [-0.2, -0.15) is 0 Å². The van der Waals surface area contributed by atoms with Crippen molar-refractivity contribution in [3.05, 3.63) is 29.3 Å². The maximum absolute atomic E-state index is 10.9. The molecule has 1 aliphatic rings. The van der Waals surface area contributed by atoms with Gasteiger partial charge >= 0.3 is 5.97 Å². The van der Waals surface area contributed by atoms with Gasteiger partial charge in [-0.15, -0.1) is 0 Å². The summed E-state index contributed by atoms with van der Waals surface area (Å²) >= 11 is 0. The summed E-state index contributed by atoms with van der Waals surface area (Å²) < 4.78 is 5.34. The molecule has 0 aromatic heterocycles. The Bertz CT molecular complexity index is 417. The highest BCUT2D eigenvalue weighted by Crippen LogP contribution is 2.28. The smallest absolute Gasteiger partial charge is 0.335 e. The summed E-state index contributed by atoms with van der Waals surface area (Å²) in [6.45, 7) is 5.26. The number of hydrogen-bond donors (Lipinski definition) is 1. The Hall–Kier alpha value is -1.55. The second-order valence-electron chi connectivity index (χ2n) is 4.08. The molecule has 1 aromatic rings. The van der Waals surface area contributed by atoms with Crippen molar-refractivity contribution in [3.8, 4) is 0 Å². The molecule has 4 heteroatoms. The van der Waals surface area contributed by atoms with Crippen LogP contribution in [-0.4, -0.2) is 37.4 Å². The van der Waals surface area contributed by atoms with E-state index in [1.54, 1.807) is 12.1 Å². The summed E-state index contributed by atoms with van der Waals surface area (Å²) in [6.07, 6.45) is 0.919. The standard InChI is InChI=1S/C13H17NO3/c1-2-17-8-7-14-6-5-10-9-11(13(15)16)3-4-12(10)14/h3-4,9H,2,5-8H2,1H3,(H,15,16). The van der Waals surface area contributed by atoms with E-state index in [-0.39, 0.29) is 0 Å². The molecule has 1 aliphatic heterocycles. The van der Waals surface area contributed by atoms with Crippen LogP contribution < -0.4 is 4.90 Å². The predicted octanol–water partition coefficient (Wildman–Crippen LogP) is 1.78. The fourth-order valence-electron chi connectivity index (χ4n) is 2.15. The third kappa shape index (κ3) is 2.58. The van der Waals surface area contributed by atoms with Crippen molar-refractivity contribution in [1.82, 2.24) is 0 Å². The minimum Gasteiger partial charge on any atom is -0.478 e. The van der Waals surface area contributed by atoms with E-state index in [0.29, 0.717) is 5.56 Å².